The van der Waals surface area contributed by atoms with Crippen LogP contribution in [0.1, 0.15) is 15.9 Å². The average Bonchev–Trinajstić information content (AvgIpc) is 2.56. The fourth-order valence-electron chi connectivity index (χ4n) is 2.37. The number of methoxy groups -OCH3 is 1. The average molecular weight is 334 g/mol. The largest absolute Gasteiger partial charge is 0.493 e. The van der Waals surface area contributed by atoms with Crippen LogP contribution in [0.4, 0.5) is 5.69 Å². The number of hydrogen-bond donors (Lipinski definition) is 1. The first-order valence-electron chi connectivity index (χ1n) is 7.13. The molecule has 2 aromatic carbocycles. The topological polar surface area (TPSA) is 56.8 Å². The van der Waals surface area contributed by atoms with Gasteiger partial charge in [0, 0.05) is 16.3 Å². The minimum Gasteiger partial charge on any atom is -0.493 e. The molecule has 0 aliphatic carbocycles. The van der Waals surface area contributed by atoms with Gasteiger partial charge in [0.15, 0.2) is 11.5 Å². The number of anilines is 1. The van der Waals surface area contributed by atoms with E-state index in [4.69, 9.17) is 25.8 Å². The summed E-state index contributed by atoms with van der Waals surface area (Å²) < 4.78 is 16.4. The summed E-state index contributed by atoms with van der Waals surface area (Å²) in [5.41, 5.74) is 2.02. The maximum absolute atomic E-state index is 12.5. The molecule has 0 fully saturated rings. The van der Waals surface area contributed by atoms with Gasteiger partial charge in [-0.3, -0.25) is 4.79 Å². The zero-order valence-corrected chi connectivity index (χ0v) is 13.6. The smallest absolute Gasteiger partial charge is 0.255 e. The first-order valence-corrected chi connectivity index (χ1v) is 7.51. The summed E-state index contributed by atoms with van der Waals surface area (Å²) in [7, 11) is 1.53. The summed E-state index contributed by atoms with van der Waals surface area (Å²) in [4.78, 5) is 12.5. The van der Waals surface area contributed by atoms with Crippen LogP contribution in [0.2, 0.25) is 5.02 Å². The molecule has 1 N–H and O–H groups in total. The third-order valence-corrected chi connectivity index (χ3v) is 3.76. The highest BCUT2D eigenvalue weighted by atomic mass is 35.5. The standard InChI is InChI=1S/C17H16ClNO4/c1-10-7-12(18)3-4-13(10)19-17(20)11-8-14(21-2)16-15(9-11)22-5-6-23-16/h3-4,7-9H,5-6H2,1-2H3,(H,19,20). The monoisotopic (exact) mass is 333 g/mol. The van der Waals surface area contributed by atoms with Gasteiger partial charge in [-0.1, -0.05) is 11.6 Å². The molecule has 0 spiro atoms. The van der Waals surface area contributed by atoms with Crippen LogP contribution in [-0.2, 0) is 0 Å². The molecule has 0 radical (unpaired) electrons. The maximum atomic E-state index is 12.5. The van der Waals surface area contributed by atoms with Gasteiger partial charge in [-0.05, 0) is 42.8 Å². The lowest BCUT2D eigenvalue weighted by Crippen LogP contribution is -2.18. The van der Waals surface area contributed by atoms with Crippen LogP contribution >= 0.6 is 11.6 Å². The number of fused-ring (bicyclic) bond motifs is 1. The van der Waals surface area contributed by atoms with Crippen molar-refractivity contribution in [2.45, 2.75) is 6.92 Å². The Balaban J connectivity index is 1.90. The molecule has 2 aromatic rings. The Morgan fingerprint density at radius 2 is 2.00 bits per heavy atom. The van der Waals surface area contributed by atoms with Crippen molar-refractivity contribution in [1.82, 2.24) is 0 Å². The first kappa shape index (κ1) is 15.5. The van der Waals surface area contributed by atoms with Crippen molar-refractivity contribution in [1.29, 1.82) is 0 Å². The number of nitrogens with one attached hydrogen (secondary N) is 1. The predicted molar refractivity (Wildman–Crippen MR) is 88.1 cm³/mol. The molecule has 3 rings (SSSR count). The van der Waals surface area contributed by atoms with E-state index >= 15 is 0 Å². The fraction of sp³-hybridized carbons (Fsp3) is 0.235. The van der Waals surface area contributed by atoms with Gasteiger partial charge < -0.3 is 19.5 Å². The SMILES string of the molecule is COc1cc(C(=O)Nc2ccc(Cl)cc2C)cc2c1OCCO2. The molecule has 0 bridgehead atoms. The molecule has 0 unspecified atom stereocenters. The van der Waals surface area contributed by atoms with Gasteiger partial charge in [-0.2, -0.15) is 0 Å². The second-order valence-electron chi connectivity index (χ2n) is 5.12. The highest BCUT2D eigenvalue weighted by Gasteiger charge is 2.21. The Hall–Kier alpha value is -2.40. The fourth-order valence-corrected chi connectivity index (χ4v) is 2.59. The summed E-state index contributed by atoms with van der Waals surface area (Å²) in [5.74, 6) is 1.25. The molecular weight excluding hydrogens is 318 g/mol. The Morgan fingerprint density at radius 3 is 2.74 bits per heavy atom. The van der Waals surface area contributed by atoms with E-state index in [1.54, 1.807) is 30.3 Å². The number of hydrogen-bond acceptors (Lipinski definition) is 4. The molecule has 1 heterocycles. The van der Waals surface area contributed by atoms with E-state index in [0.717, 1.165) is 5.56 Å². The van der Waals surface area contributed by atoms with Crippen LogP contribution in [0, 0.1) is 6.92 Å². The number of amides is 1. The molecule has 5 nitrogen and oxygen atoms in total. The van der Waals surface area contributed by atoms with Gasteiger partial charge in [0.05, 0.1) is 7.11 Å². The van der Waals surface area contributed by atoms with Gasteiger partial charge in [0.1, 0.15) is 13.2 Å². The van der Waals surface area contributed by atoms with Crippen LogP contribution in [0.25, 0.3) is 0 Å². The summed E-state index contributed by atoms with van der Waals surface area (Å²) in [5, 5.41) is 3.49. The zero-order chi connectivity index (χ0) is 16.4. The van der Waals surface area contributed by atoms with Crippen molar-refractivity contribution < 1.29 is 19.0 Å². The van der Waals surface area contributed by atoms with Crippen molar-refractivity contribution >= 4 is 23.2 Å². The highest BCUT2D eigenvalue weighted by molar-refractivity contribution is 6.30. The molecule has 0 saturated carbocycles. The molecule has 0 atom stereocenters. The summed E-state index contributed by atoms with van der Waals surface area (Å²) in [6, 6.07) is 8.58. The predicted octanol–water partition coefficient (Wildman–Crippen LogP) is 3.68. The van der Waals surface area contributed by atoms with Crippen LogP contribution in [0.5, 0.6) is 17.2 Å². The van der Waals surface area contributed by atoms with Gasteiger partial charge in [-0.25, -0.2) is 0 Å². The van der Waals surface area contributed by atoms with Crippen molar-refractivity contribution in [3.05, 3.63) is 46.5 Å². The zero-order valence-electron chi connectivity index (χ0n) is 12.8. The van der Waals surface area contributed by atoms with E-state index in [2.05, 4.69) is 5.32 Å². The second kappa shape index (κ2) is 6.38. The third kappa shape index (κ3) is 3.19. The Kier molecular flexibility index (Phi) is 4.30. The molecule has 23 heavy (non-hydrogen) atoms. The van der Waals surface area contributed by atoms with Crippen LogP contribution in [0.3, 0.4) is 0 Å². The molecule has 120 valence electrons. The molecule has 1 aliphatic rings. The number of ether oxygens (including phenoxy) is 3. The first-order chi connectivity index (χ1) is 11.1. The molecule has 1 amide bonds. The number of halogens is 1. The Morgan fingerprint density at radius 1 is 1.22 bits per heavy atom. The van der Waals surface area contributed by atoms with Crippen LogP contribution in [-0.4, -0.2) is 26.2 Å². The Bertz CT molecular complexity index is 743. The van der Waals surface area contributed by atoms with E-state index in [0.29, 0.717) is 46.7 Å². The lowest BCUT2D eigenvalue weighted by Gasteiger charge is -2.21. The van der Waals surface area contributed by atoms with E-state index < -0.39 is 0 Å². The number of aryl methyl sites for hydroxylation is 1. The van der Waals surface area contributed by atoms with Gasteiger partial charge in [-0.15, -0.1) is 0 Å². The molecule has 0 aromatic heterocycles. The number of carbonyl (C=O) groups is 1. The van der Waals surface area contributed by atoms with Crippen molar-refractivity contribution in [3.8, 4) is 17.2 Å². The number of carbonyl (C=O) groups excluding carboxylic acids is 1. The van der Waals surface area contributed by atoms with Crippen molar-refractivity contribution in [2.24, 2.45) is 0 Å². The van der Waals surface area contributed by atoms with Crippen molar-refractivity contribution in [2.75, 3.05) is 25.6 Å². The minimum atomic E-state index is -0.259. The molecular formula is C17H16ClNO4. The summed E-state index contributed by atoms with van der Waals surface area (Å²) in [6.07, 6.45) is 0. The van der Waals surface area contributed by atoms with E-state index in [9.17, 15) is 4.79 Å². The highest BCUT2D eigenvalue weighted by Crippen LogP contribution is 2.40. The van der Waals surface area contributed by atoms with Gasteiger partial charge >= 0.3 is 0 Å². The molecule has 6 heteroatoms. The molecule has 0 saturated heterocycles. The summed E-state index contributed by atoms with van der Waals surface area (Å²) >= 11 is 5.93. The van der Waals surface area contributed by atoms with Gasteiger partial charge in [0.25, 0.3) is 5.91 Å². The molecule has 1 aliphatic heterocycles. The van der Waals surface area contributed by atoms with Crippen molar-refractivity contribution in [3.63, 3.8) is 0 Å². The lowest BCUT2D eigenvalue weighted by molar-refractivity contribution is 0.102. The van der Waals surface area contributed by atoms with Crippen LogP contribution < -0.4 is 19.5 Å². The van der Waals surface area contributed by atoms with E-state index in [1.165, 1.54) is 7.11 Å². The summed E-state index contributed by atoms with van der Waals surface area (Å²) in [6.45, 7) is 2.78. The van der Waals surface area contributed by atoms with Crippen LogP contribution in [0.15, 0.2) is 30.3 Å². The second-order valence-corrected chi connectivity index (χ2v) is 5.55. The third-order valence-electron chi connectivity index (χ3n) is 3.53. The quantitative estimate of drug-likeness (QED) is 0.931. The number of rotatable bonds is 3. The van der Waals surface area contributed by atoms with Gasteiger partial charge in [0.2, 0.25) is 5.75 Å². The maximum Gasteiger partial charge on any atom is 0.255 e. The normalized spacial score (nSPS) is 12.7. The van der Waals surface area contributed by atoms with E-state index in [-0.39, 0.29) is 5.91 Å². The van der Waals surface area contributed by atoms with E-state index in [1.807, 2.05) is 6.92 Å². The Labute approximate surface area is 139 Å². The minimum absolute atomic E-state index is 0.259. The lowest BCUT2D eigenvalue weighted by atomic mass is 10.1. The number of benzene rings is 2.